The Labute approximate surface area is 135 Å². The largest absolute Gasteiger partial charge is 0.366 e. The van der Waals surface area contributed by atoms with Crippen molar-refractivity contribution < 1.29 is 9.59 Å². The zero-order chi connectivity index (χ0) is 17.0. The van der Waals surface area contributed by atoms with Crippen LogP contribution < -0.4 is 11.1 Å². The van der Waals surface area contributed by atoms with Crippen LogP contribution in [0.1, 0.15) is 42.7 Å². The van der Waals surface area contributed by atoms with E-state index < -0.39 is 5.91 Å². The predicted molar refractivity (Wildman–Crippen MR) is 91.0 cm³/mol. The highest BCUT2D eigenvalue weighted by molar-refractivity contribution is 6.60. The molecule has 1 heterocycles. The third-order valence-electron chi connectivity index (χ3n) is 3.63. The molecule has 6 nitrogen and oxygen atoms in total. The van der Waals surface area contributed by atoms with Gasteiger partial charge in [-0.25, -0.2) is 0 Å². The summed E-state index contributed by atoms with van der Waals surface area (Å²) >= 11 is 0. The Morgan fingerprint density at radius 2 is 1.83 bits per heavy atom. The van der Waals surface area contributed by atoms with E-state index in [9.17, 15) is 9.59 Å². The van der Waals surface area contributed by atoms with Crippen LogP contribution in [0.15, 0.2) is 34.3 Å². The molecule has 1 aliphatic heterocycles. The highest BCUT2D eigenvalue weighted by atomic mass is 16.2. The van der Waals surface area contributed by atoms with Crippen LogP contribution in [0.3, 0.4) is 0 Å². The van der Waals surface area contributed by atoms with E-state index in [-0.39, 0.29) is 17.4 Å². The Morgan fingerprint density at radius 3 is 2.30 bits per heavy atom. The standard InChI is InChI=1S/C17H22N4O2/c1-17(2,3)14(11-4-6-12(7-5-11)15(18)22)21-16(23)13-10-19-8-9-20-13/h4-7,10,14H,8-9H2,1-3H3,(H2,18,22)(H,21,23). The zero-order valence-corrected chi connectivity index (χ0v) is 13.7. The molecule has 1 unspecified atom stereocenters. The summed E-state index contributed by atoms with van der Waals surface area (Å²) in [6.45, 7) is 7.27. The molecule has 3 N–H and O–H groups in total. The Kier molecular flexibility index (Phi) is 4.93. The Bertz CT molecular complexity index is 654. The lowest BCUT2D eigenvalue weighted by atomic mass is 9.82. The van der Waals surface area contributed by atoms with Gasteiger partial charge >= 0.3 is 0 Å². The Morgan fingerprint density at radius 1 is 1.17 bits per heavy atom. The molecule has 122 valence electrons. The molecule has 0 radical (unpaired) electrons. The molecule has 6 heteroatoms. The van der Waals surface area contributed by atoms with Crippen molar-refractivity contribution in [2.45, 2.75) is 26.8 Å². The second-order valence-corrected chi connectivity index (χ2v) is 6.56. The molecule has 0 bridgehead atoms. The molecule has 0 aliphatic carbocycles. The monoisotopic (exact) mass is 314 g/mol. The van der Waals surface area contributed by atoms with E-state index in [1.807, 2.05) is 32.9 Å². The van der Waals surface area contributed by atoms with E-state index in [4.69, 9.17) is 5.73 Å². The maximum atomic E-state index is 12.4. The molecule has 2 amide bonds. The molecule has 1 atom stereocenters. The molecule has 2 rings (SSSR count). The lowest BCUT2D eigenvalue weighted by Gasteiger charge is -2.32. The summed E-state index contributed by atoms with van der Waals surface area (Å²) < 4.78 is 0. The van der Waals surface area contributed by atoms with Gasteiger partial charge in [0.1, 0.15) is 5.71 Å². The smallest absolute Gasteiger partial charge is 0.271 e. The average molecular weight is 314 g/mol. The number of hydrogen-bond acceptors (Lipinski definition) is 4. The van der Waals surface area contributed by atoms with E-state index in [0.717, 1.165) is 5.56 Å². The summed E-state index contributed by atoms with van der Waals surface area (Å²) in [7, 11) is 0. The average Bonchev–Trinajstić information content (AvgIpc) is 2.52. The van der Waals surface area contributed by atoms with Gasteiger partial charge in [-0.2, -0.15) is 0 Å². The number of amides is 2. The van der Waals surface area contributed by atoms with Gasteiger partial charge in [0, 0.05) is 5.56 Å². The zero-order valence-electron chi connectivity index (χ0n) is 13.7. The summed E-state index contributed by atoms with van der Waals surface area (Å²) in [6, 6.07) is 6.74. The fraction of sp³-hybridized carbons (Fsp3) is 0.412. The summed E-state index contributed by atoms with van der Waals surface area (Å²) in [4.78, 5) is 31.9. The van der Waals surface area contributed by atoms with Gasteiger partial charge in [-0.05, 0) is 23.1 Å². The van der Waals surface area contributed by atoms with Crippen molar-refractivity contribution in [3.63, 3.8) is 0 Å². The van der Waals surface area contributed by atoms with Crippen molar-refractivity contribution >= 4 is 23.7 Å². The number of nitrogens with one attached hydrogen (secondary N) is 1. The van der Waals surface area contributed by atoms with Crippen LogP contribution in [0.5, 0.6) is 0 Å². The number of hydrogen-bond donors (Lipinski definition) is 2. The summed E-state index contributed by atoms with van der Waals surface area (Å²) in [5, 5.41) is 3.01. The lowest BCUT2D eigenvalue weighted by Crippen LogP contribution is -2.41. The topological polar surface area (TPSA) is 96.9 Å². The Hall–Kier alpha value is -2.50. The van der Waals surface area contributed by atoms with Gasteiger partial charge in [-0.3, -0.25) is 19.6 Å². The molecule has 0 aromatic heterocycles. The van der Waals surface area contributed by atoms with E-state index in [0.29, 0.717) is 24.4 Å². The van der Waals surface area contributed by atoms with Crippen LogP contribution in [0, 0.1) is 5.41 Å². The number of primary amides is 1. The third kappa shape index (κ3) is 4.25. The van der Waals surface area contributed by atoms with Crippen molar-refractivity contribution in [2.24, 2.45) is 21.1 Å². The fourth-order valence-electron chi connectivity index (χ4n) is 2.40. The van der Waals surface area contributed by atoms with E-state index in [1.54, 1.807) is 12.1 Å². The van der Waals surface area contributed by atoms with Crippen LogP contribution in [0.25, 0.3) is 0 Å². The van der Waals surface area contributed by atoms with Crippen LogP contribution >= 0.6 is 0 Å². The molecule has 1 aromatic rings. The number of nitrogens with zero attached hydrogens (tertiary/aromatic N) is 2. The van der Waals surface area contributed by atoms with Gasteiger partial charge in [0.15, 0.2) is 0 Å². The van der Waals surface area contributed by atoms with Crippen molar-refractivity contribution in [2.75, 3.05) is 13.1 Å². The SMILES string of the molecule is CC(C)(C)C(NC(=O)C1=NCCN=C1)c1ccc(C(N)=O)cc1. The molecular weight excluding hydrogens is 292 g/mol. The predicted octanol–water partition coefficient (Wildman–Crippen LogP) is 1.51. The first-order valence-corrected chi connectivity index (χ1v) is 7.54. The van der Waals surface area contributed by atoms with Crippen molar-refractivity contribution in [1.29, 1.82) is 0 Å². The number of rotatable bonds is 4. The number of benzene rings is 1. The summed E-state index contributed by atoms with van der Waals surface area (Å²) in [5.41, 5.74) is 6.75. The highest BCUT2D eigenvalue weighted by Crippen LogP contribution is 2.32. The molecule has 0 fully saturated rings. The maximum Gasteiger partial charge on any atom is 0.271 e. The van der Waals surface area contributed by atoms with Crippen LogP contribution in [-0.4, -0.2) is 36.8 Å². The van der Waals surface area contributed by atoms with Gasteiger partial charge in [0.2, 0.25) is 5.91 Å². The van der Waals surface area contributed by atoms with Gasteiger partial charge < -0.3 is 11.1 Å². The van der Waals surface area contributed by atoms with Crippen LogP contribution in [-0.2, 0) is 4.79 Å². The van der Waals surface area contributed by atoms with Gasteiger partial charge in [-0.15, -0.1) is 0 Å². The minimum Gasteiger partial charge on any atom is -0.366 e. The van der Waals surface area contributed by atoms with Crippen molar-refractivity contribution in [1.82, 2.24) is 5.32 Å². The molecule has 0 saturated carbocycles. The Balaban J connectivity index is 2.24. The minimum atomic E-state index is -0.472. The highest BCUT2D eigenvalue weighted by Gasteiger charge is 2.29. The van der Waals surface area contributed by atoms with E-state index >= 15 is 0 Å². The summed E-state index contributed by atoms with van der Waals surface area (Å²) in [5.74, 6) is -0.715. The van der Waals surface area contributed by atoms with Crippen LogP contribution in [0.4, 0.5) is 0 Å². The molecule has 0 saturated heterocycles. The molecular formula is C17H22N4O2. The quantitative estimate of drug-likeness (QED) is 0.881. The molecule has 0 spiro atoms. The third-order valence-corrected chi connectivity index (χ3v) is 3.63. The second-order valence-electron chi connectivity index (χ2n) is 6.56. The maximum absolute atomic E-state index is 12.4. The normalized spacial score (nSPS) is 15.7. The van der Waals surface area contributed by atoms with Crippen LogP contribution in [0.2, 0.25) is 0 Å². The summed E-state index contributed by atoms with van der Waals surface area (Å²) in [6.07, 6.45) is 1.51. The number of carbonyl (C=O) groups excluding carboxylic acids is 2. The first-order chi connectivity index (χ1) is 10.8. The van der Waals surface area contributed by atoms with Gasteiger partial charge in [0.25, 0.3) is 5.91 Å². The first kappa shape index (κ1) is 16.9. The van der Waals surface area contributed by atoms with Gasteiger partial charge in [0.05, 0.1) is 25.3 Å². The lowest BCUT2D eigenvalue weighted by molar-refractivity contribution is -0.116. The van der Waals surface area contributed by atoms with E-state index in [1.165, 1.54) is 6.21 Å². The number of aliphatic imine (C=N–C) groups is 2. The number of nitrogens with two attached hydrogens (primary N) is 1. The molecule has 1 aromatic carbocycles. The number of carbonyl (C=O) groups is 2. The first-order valence-electron chi connectivity index (χ1n) is 7.54. The minimum absolute atomic E-state index is 0.212. The molecule has 1 aliphatic rings. The van der Waals surface area contributed by atoms with E-state index in [2.05, 4.69) is 15.3 Å². The molecule has 23 heavy (non-hydrogen) atoms. The van der Waals surface area contributed by atoms with Crippen molar-refractivity contribution in [3.05, 3.63) is 35.4 Å². The fourth-order valence-corrected chi connectivity index (χ4v) is 2.40. The van der Waals surface area contributed by atoms with Gasteiger partial charge in [-0.1, -0.05) is 32.9 Å². The second kappa shape index (κ2) is 6.73. The van der Waals surface area contributed by atoms with Crippen molar-refractivity contribution in [3.8, 4) is 0 Å².